The molecular weight excluding hydrogens is 507 g/mol. The Morgan fingerprint density at radius 2 is 0.950 bits per heavy atom. The first-order valence-electron chi connectivity index (χ1n) is 14.5. The number of hydrogen-bond donors (Lipinski definition) is 4. The van der Waals surface area contributed by atoms with E-state index in [0.29, 0.717) is 11.8 Å². The van der Waals surface area contributed by atoms with Gasteiger partial charge >= 0.3 is 7.87 Å². The Bertz CT molecular complexity index is 1350. The minimum Gasteiger partial charge on any atom is -0.140 e. The first-order valence-corrected chi connectivity index (χ1v) is 16.3. The summed E-state index contributed by atoms with van der Waals surface area (Å²) in [6.07, 6.45) is 0. The van der Waals surface area contributed by atoms with Crippen molar-refractivity contribution in [2.24, 2.45) is 11.8 Å². The van der Waals surface area contributed by atoms with Crippen molar-refractivity contribution in [1.29, 1.82) is 0 Å². The molecule has 5 heteroatoms. The molecule has 2 fully saturated rings. The van der Waals surface area contributed by atoms with Gasteiger partial charge in [0.2, 0.25) is 0 Å². The monoisotopic (exact) mass is 549 g/mol. The Morgan fingerprint density at radius 3 is 1.32 bits per heavy atom. The fourth-order valence-corrected chi connectivity index (χ4v) is 11.5. The molecule has 4 nitrogen and oxygen atoms in total. The zero-order chi connectivity index (χ0) is 28.0. The van der Waals surface area contributed by atoms with Gasteiger partial charge < -0.3 is 0 Å². The molecule has 206 valence electrons. The van der Waals surface area contributed by atoms with Crippen molar-refractivity contribution in [2.75, 3.05) is 0 Å². The summed E-state index contributed by atoms with van der Waals surface area (Å²) in [6.45, 7) is 11.8. The summed E-state index contributed by atoms with van der Waals surface area (Å²) in [5.41, 5.74) is 3.88. The second kappa shape index (κ2) is 10.2. The number of rotatable bonds is 6. The SMILES string of the molecule is CC(C)[C@@H]1N[P+]2(NC1(c1ccccc1)c1ccccc1)NC(c1ccccc1)(c1ccccc1)C(C)(C(C)C)N2. The van der Waals surface area contributed by atoms with Gasteiger partial charge in [-0.05, 0) is 41.0 Å². The van der Waals surface area contributed by atoms with Crippen LogP contribution in [0.2, 0.25) is 0 Å². The standard InChI is InChI=1S/C35H42N4P/c1-26(2)32-34(28-18-10-6-11-19-28,29-20-12-7-13-21-29)38-40(36-32)37-33(5,27(3)4)35(39-40,30-22-14-8-15-23-30)31-24-16-9-17-25-31/h6-27,32,36-39H,1-5H3/q+1/t32-,33?,40?/m0/s1. The van der Waals surface area contributed by atoms with Gasteiger partial charge in [-0.1, -0.05) is 149 Å². The van der Waals surface area contributed by atoms with Crippen LogP contribution in [0.3, 0.4) is 0 Å². The molecule has 2 heterocycles. The van der Waals surface area contributed by atoms with Crippen LogP contribution in [-0.4, -0.2) is 11.6 Å². The van der Waals surface area contributed by atoms with Crippen LogP contribution in [0.4, 0.5) is 0 Å². The van der Waals surface area contributed by atoms with Gasteiger partial charge in [-0.15, -0.1) is 20.3 Å². The summed E-state index contributed by atoms with van der Waals surface area (Å²) in [4.78, 5) is 0. The Balaban J connectivity index is 1.60. The maximum Gasteiger partial charge on any atom is 0.301 e. The Kier molecular flexibility index (Phi) is 6.97. The molecule has 0 aromatic heterocycles. The molecule has 2 aliphatic rings. The van der Waals surface area contributed by atoms with E-state index in [1.165, 1.54) is 22.3 Å². The molecule has 3 atom stereocenters. The van der Waals surface area contributed by atoms with Crippen molar-refractivity contribution in [3.05, 3.63) is 144 Å². The molecule has 40 heavy (non-hydrogen) atoms. The minimum absolute atomic E-state index is 0.143. The third-order valence-corrected chi connectivity index (χ3v) is 12.2. The predicted molar refractivity (Wildman–Crippen MR) is 169 cm³/mol. The minimum atomic E-state index is -2.39. The number of hydrogen-bond acceptors (Lipinski definition) is 4. The zero-order valence-electron chi connectivity index (χ0n) is 24.2. The summed E-state index contributed by atoms with van der Waals surface area (Å²) in [5.74, 6) is 0.689. The second-order valence-electron chi connectivity index (χ2n) is 12.2. The second-order valence-corrected chi connectivity index (χ2v) is 14.5. The van der Waals surface area contributed by atoms with Crippen molar-refractivity contribution in [3.63, 3.8) is 0 Å². The average molecular weight is 550 g/mol. The fourth-order valence-electron chi connectivity index (χ4n) is 7.16. The molecule has 0 bridgehead atoms. The van der Waals surface area contributed by atoms with Crippen LogP contribution < -0.4 is 20.3 Å². The van der Waals surface area contributed by atoms with Gasteiger partial charge in [-0.2, -0.15) is 0 Å². The van der Waals surface area contributed by atoms with Gasteiger partial charge in [0, 0.05) is 0 Å². The van der Waals surface area contributed by atoms with E-state index >= 15 is 0 Å². The van der Waals surface area contributed by atoms with Crippen LogP contribution in [-0.2, 0) is 11.1 Å². The van der Waals surface area contributed by atoms with Crippen LogP contribution in [0, 0.1) is 11.8 Å². The molecule has 2 unspecified atom stereocenters. The van der Waals surface area contributed by atoms with E-state index < -0.39 is 18.9 Å². The molecule has 4 aromatic rings. The van der Waals surface area contributed by atoms with Crippen molar-refractivity contribution >= 4 is 7.87 Å². The lowest BCUT2D eigenvalue weighted by atomic mass is 9.65. The van der Waals surface area contributed by atoms with E-state index in [9.17, 15) is 0 Å². The van der Waals surface area contributed by atoms with Gasteiger partial charge in [-0.25, -0.2) is 0 Å². The van der Waals surface area contributed by atoms with Crippen LogP contribution in [0.25, 0.3) is 0 Å². The fraction of sp³-hybridized carbons (Fsp3) is 0.314. The van der Waals surface area contributed by atoms with Crippen LogP contribution in [0.15, 0.2) is 121 Å². The summed E-state index contributed by atoms with van der Waals surface area (Å²) in [7, 11) is -2.39. The molecular formula is C35H42N4P+. The highest BCUT2D eigenvalue weighted by molar-refractivity contribution is 7.69. The van der Waals surface area contributed by atoms with Crippen molar-refractivity contribution in [1.82, 2.24) is 20.3 Å². The average Bonchev–Trinajstić information content (AvgIpc) is 3.47. The topological polar surface area (TPSA) is 48.1 Å². The first kappa shape index (κ1) is 27.3. The third kappa shape index (κ3) is 4.01. The Hall–Kier alpha value is -2.85. The maximum absolute atomic E-state index is 4.34. The lowest BCUT2D eigenvalue weighted by Gasteiger charge is -2.43. The van der Waals surface area contributed by atoms with Crippen molar-refractivity contribution < 1.29 is 0 Å². The van der Waals surface area contributed by atoms with Crippen molar-refractivity contribution in [3.8, 4) is 0 Å². The molecule has 0 saturated carbocycles. The molecule has 0 radical (unpaired) electrons. The van der Waals surface area contributed by atoms with E-state index in [1.807, 2.05) is 0 Å². The van der Waals surface area contributed by atoms with E-state index in [-0.39, 0.29) is 11.6 Å². The van der Waals surface area contributed by atoms with E-state index in [2.05, 4.69) is 176 Å². The molecule has 2 aliphatic heterocycles. The zero-order valence-corrected chi connectivity index (χ0v) is 25.1. The molecule has 4 aromatic carbocycles. The molecule has 1 spiro atoms. The summed E-state index contributed by atoms with van der Waals surface area (Å²) in [6, 6.07) is 44.1. The van der Waals surface area contributed by atoms with Gasteiger partial charge in [0.1, 0.15) is 11.1 Å². The van der Waals surface area contributed by atoms with Crippen LogP contribution >= 0.6 is 7.87 Å². The third-order valence-electron chi connectivity index (χ3n) is 9.35. The Morgan fingerprint density at radius 1 is 0.550 bits per heavy atom. The van der Waals surface area contributed by atoms with Gasteiger partial charge in [0.15, 0.2) is 0 Å². The number of benzene rings is 4. The van der Waals surface area contributed by atoms with Crippen molar-refractivity contribution in [2.45, 2.75) is 57.3 Å². The molecule has 2 saturated heterocycles. The number of nitrogens with one attached hydrogen (secondary N) is 4. The highest BCUT2D eigenvalue weighted by atomic mass is 31.2. The lowest BCUT2D eigenvalue weighted by Crippen LogP contribution is -2.59. The highest BCUT2D eigenvalue weighted by Gasteiger charge is 2.75. The molecule has 0 amide bonds. The van der Waals surface area contributed by atoms with E-state index in [0.717, 1.165) is 0 Å². The molecule has 0 aliphatic carbocycles. The summed E-state index contributed by atoms with van der Waals surface area (Å²) < 4.78 is 0. The van der Waals surface area contributed by atoms with E-state index in [1.54, 1.807) is 0 Å². The van der Waals surface area contributed by atoms with Gasteiger partial charge in [0.25, 0.3) is 0 Å². The van der Waals surface area contributed by atoms with Crippen LogP contribution in [0.1, 0.15) is 56.9 Å². The Labute approximate surface area is 240 Å². The summed E-state index contributed by atoms with van der Waals surface area (Å²) >= 11 is 0. The van der Waals surface area contributed by atoms with Crippen LogP contribution in [0.5, 0.6) is 0 Å². The maximum atomic E-state index is 4.34. The summed E-state index contributed by atoms with van der Waals surface area (Å²) in [5, 5.41) is 17.2. The normalized spacial score (nSPS) is 27.0. The first-order chi connectivity index (χ1) is 19.3. The van der Waals surface area contributed by atoms with Gasteiger partial charge in [0.05, 0.1) is 11.6 Å². The largest absolute Gasteiger partial charge is 0.301 e. The quantitative estimate of drug-likeness (QED) is 0.190. The van der Waals surface area contributed by atoms with E-state index in [4.69, 9.17) is 0 Å². The van der Waals surface area contributed by atoms with Gasteiger partial charge in [-0.3, -0.25) is 0 Å². The smallest absolute Gasteiger partial charge is 0.140 e. The predicted octanol–water partition coefficient (Wildman–Crippen LogP) is 7.38. The highest BCUT2D eigenvalue weighted by Crippen LogP contribution is 2.67. The molecule has 4 N–H and O–H groups in total. The molecule has 6 rings (SSSR count). The lowest BCUT2D eigenvalue weighted by molar-refractivity contribution is 0.201.